The SMILES string of the molecule is Nc1ccc(S(=O)(=O)NCc2ccc(Br)s2)c(C(=O)O)c1. The first kappa shape index (κ1) is 16.0. The zero-order chi connectivity index (χ0) is 15.6. The van der Waals surface area contributed by atoms with Crippen LogP contribution in [-0.2, 0) is 16.6 Å². The highest BCUT2D eigenvalue weighted by molar-refractivity contribution is 9.11. The Balaban J connectivity index is 2.29. The molecule has 0 fully saturated rings. The van der Waals surface area contributed by atoms with Gasteiger partial charge in [0.2, 0.25) is 10.0 Å². The van der Waals surface area contributed by atoms with Gasteiger partial charge in [0.15, 0.2) is 0 Å². The van der Waals surface area contributed by atoms with Crippen LogP contribution in [0.2, 0.25) is 0 Å². The molecule has 0 unspecified atom stereocenters. The summed E-state index contributed by atoms with van der Waals surface area (Å²) >= 11 is 4.68. The third-order valence-electron chi connectivity index (χ3n) is 2.59. The summed E-state index contributed by atoms with van der Waals surface area (Å²) in [6, 6.07) is 7.24. The van der Waals surface area contributed by atoms with Crippen molar-refractivity contribution in [1.82, 2.24) is 4.72 Å². The first-order valence-corrected chi connectivity index (χ1v) is 8.75. The summed E-state index contributed by atoms with van der Waals surface area (Å²) in [6.45, 7) is 0.0854. The molecule has 0 amide bonds. The molecule has 0 aliphatic carbocycles. The van der Waals surface area contributed by atoms with Crippen molar-refractivity contribution < 1.29 is 18.3 Å². The number of carboxylic acid groups (broad SMARTS) is 1. The predicted molar refractivity (Wildman–Crippen MR) is 83.9 cm³/mol. The highest BCUT2D eigenvalue weighted by Crippen LogP contribution is 2.23. The first-order valence-electron chi connectivity index (χ1n) is 5.66. The second kappa shape index (κ2) is 6.14. The fourth-order valence-electron chi connectivity index (χ4n) is 1.64. The summed E-state index contributed by atoms with van der Waals surface area (Å²) in [5.74, 6) is -1.35. The molecule has 0 bridgehead atoms. The van der Waals surface area contributed by atoms with Crippen LogP contribution in [0.5, 0.6) is 0 Å². The Hall–Kier alpha value is -1.42. The van der Waals surface area contributed by atoms with Gasteiger partial charge in [0.05, 0.1) is 14.2 Å². The molecule has 1 heterocycles. The van der Waals surface area contributed by atoms with E-state index in [-0.39, 0.29) is 22.7 Å². The van der Waals surface area contributed by atoms with Gasteiger partial charge in [-0.3, -0.25) is 0 Å². The lowest BCUT2D eigenvalue weighted by Gasteiger charge is -2.09. The molecule has 0 saturated heterocycles. The number of anilines is 1. The van der Waals surface area contributed by atoms with E-state index in [0.29, 0.717) is 0 Å². The summed E-state index contributed by atoms with van der Waals surface area (Å²) in [5.41, 5.74) is 5.33. The summed E-state index contributed by atoms with van der Waals surface area (Å²) in [6.07, 6.45) is 0. The maximum absolute atomic E-state index is 12.2. The van der Waals surface area contributed by atoms with Gasteiger partial charge < -0.3 is 10.8 Å². The minimum atomic E-state index is -3.94. The molecular weight excluding hydrogens is 380 g/mol. The number of carboxylic acids is 1. The van der Waals surface area contributed by atoms with Crippen LogP contribution in [0.1, 0.15) is 15.2 Å². The number of aromatic carboxylic acids is 1. The molecule has 21 heavy (non-hydrogen) atoms. The average Bonchev–Trinajstić information content (AvgIpc) is 2.82. The van der Waals surface area contributed by atoms with Crippen LogP contribution in [0.4, 0.5) is 5.69 Å². The lowest BCUT2D eigenvalue weighted by atomic mass is 10.2. The molecule has 2 rings (SSSR count). The van der Waals surface area contributed by atoms with Crippen molar-refractivity contribution in [3.05, 3.63) is 44.6 Å². The molecule has 1 aromatic heterocycles. The third-order valence-corrected chi connectivity index (χ3v) is 5.67. The number of nitrogens with two attached hydrogens (primary N) is 1. The van der Waals surface area contributed by atoms with Crippen LogP contribution in [0.25, 0.3) is 0 Å². The van der Waals surface area contributed by atoms with E-state index in [0.717, 1.165) is 14.7 Å². The molecule has 0 radical (unpaired) electrons. The first-order chi connectivity index (χ1) is 9.79. The van der Waals surface area contributed by atoms with Crippen LogP contribution in [0.3, 0.4) is 0 Å². The van der Waals surface area contributed by atoms with Gasteiger partial charge in [0.25, 0.3) is 0 Å². The topological polar surface area (TPSA) is 109 Å². The van der Waals surface area contributed by atoms with Crippen LogP contribution in [-0.4, -0.2) is 19.5 Å². The fourth-order valence-corrected chi connectivity index (χ4v) is 4.34. The van der Waals surface area contributed by atoms with E-state index in [1.54, 1.807) is 12.1 Å². The number of carbonyl (C=O) groups is 1. The Morgan fingerprint density at radius 1 is 1.33 bits per heavy atom. The highest BCUT2D eigenvalue weighted by Gasteiger charge is 2.22. The molecule has 0 spiro atoms. The number of nitrogen functional groups attached to an aromatic ring is 1. The second-order valence-electron chi connectivity index (χ2n) is 4.09. The van der Waals surface area contributed by atoms with Gasteiger partial charge in [-0.15, -0.1) is 11.3 Å². The number of benzene rings is 1. The van der Waals surface area contributed by atoms with E-state index in [9.17, 15) is 13.2 Å². The maximum Gasteiger partial charge on any atom is 0.337 e. The Morgan fingerprint density at radius 2 is 2.05 bits per heavy atom. The normalized spacial score (nSPS) is 11.5. The number of hydrogen-bond donors (Lipinski definition) is 3. The van der Waals surface area contributed by atoms with Crippen molar-refractivity contribution in [2.75, 3.05) is 5.73 Å². The number of thiophene rings is 1. The average molecular weight is 391 g/mol. The van der Waals surface area contributed by atoms with Gasteiger partial charge in [-0.1, -0.05) is 0 Å². The van der Waals surface area contributed by atoms with Crippen LogP contribution >= 0.6 is 27.3 Å². The lowest BCUT2D eigenvalue weighted by molar-refractivity contribution is 0.0692. The molecule has 0 atom stereocenters. The molecule has 0 aliphatic heterocycles. The van der Waals surface area contributed by atoms with Crippen molar-refractivity contribution in [3.8, 4) is 0 Å². The molecule has 0 saturated carbocycles. The lowest BCUT2D eigenvalue weighted by Crippen LogP contribution is -2.25. The number of nitrogens with one attached hydrogen (secondary N) is 1. The zero-order valence-corrected chi connectivity index (χ0v) is 13.8. The van der Waals surface area contributed by atoms with Gasteiger partial charge in [0, 0.05) is 17.1 Å². The Kier molecular flexibility index (Phi) is 4.67. The number of hydrogen-bond acceptors (Lipinski definition) is 5. The Labute approximate surface area is 133 Å². The van der Waals surface area contributed by atoms with Crippen LogP contribution in [0.15, 0.2) is 39.0 Å². The van der Waals surface area contributed by atoms with E-state index in [4.69, 9.17) is 10.8 Å². The molecule has 112 valence electrons. The van der Waals surface area contributed by atoms with E-state index in [2.05, 4.69) is 20.7 Å². The summed E-state index contributed by atoms with van der Waals surface area (Å²) in [7, 11) is -3.94. The van der Waals surface area contributed by atoms with Crippen molar-refractivity contribution in [2.24, 2.45) is 0 Å². The molecule has 0 aliphatic rings. The molecule has 1 aromatic carbocycles. The van der Waals surface area contributed by atoms with Gasteiger partial charge in [-0.2, -0.15) is 0 Å². The number of rotatable bonds is 5. The van der Waals surface area contributed by atoms with Crippen molar-refractivity contribution in [3.63, 3.8) is 0 Å². The number of sulfonamides is 1. The Morgan fingerprint density at radius 3 is 2.62 bits per heavy atom. The standard InChI is InChI=1S/C12H11BrN2O4S2/c13-11-4-2-8(20-11)6-15-21(18,19)10-3-1-7(14)5-9(10)12(16)17/h1-5,15H,6,14H2,(H,16,17). The van der Waals surface area contributed by atoms with Gasteiger partial charge in [-0.25, -0.2) is 17.9 Å². The van der Waals surface area contributed by atoms with Crippen molar-refractivity contribution >= 4 is 48.9 Å². The largest absolute Gasteiger partial charge is 0.478 e. The molecular formula is C12H11BrN2O4S2. The molecule has 6 nitrogen and oxygen atoms in total. The smallest absolute Gasteiger partial charge is 0.337 e. The van der Waals surface area contributed by atoms with E-state index >= 15 is 0 Å². The van der Waals surface area contributed by atoms with Crippen molar-refractivity contribution in [2.45, 2.75) is 11.4 Å². The monoisotopic (exact) mass is 390 g/mol. The summed E-state index contributed by atoms with van der Waals surface area (Å²) in [4.78, 5) is 11.6. The quantitative estimate of drug-likeness (QED) is 0.678. The van der Waals surface area contributed by atoms with E-state index < -0.39 is 16.0 Å². The third kappa shape index (κ3) is 3.82. The highest BCUT2D eigenvalue weighted by atomic mass is 79.9. The minimum absolute atomic E-state index is 0.0854. The van der Waals surface area contributed by atoms with E-state index in [1.165, 1.54) is 23.5 Å². The zero-order valence-electron chi connectivity index (χ0n) is 10.5. The maximum atomic E-state index is 12.2. The Bertz CT molecular complexity index is 786. The molecule has 9 heteroatoms. The van der Waals surface area contributed by atoms with Crippen LogP contribution < -0.4 is 10.5 Å². The van der Waals surface area contributed by atoms with E-state index in [1.807, 2.05) is 0 Å². The van der Waals surface area contributed by atoms with Crippen LogP contribution in [0, 0.1) is 0 Å². The fraction of sp³-hybridized carbons (Fsp3) is 0.0833. The molecule has 2 aromatic rings. The number of halogens is 1. The minimum Gasteiger partial charge on any atom is -0.478 e. The van der Waals surface area contributed by atoms with Gasteiger partial charge in [-0.05, 0) is 46.3 Å². The summed E-state index contributed by atoms with van der Waals surface area (Å²) < 4.78 is 27.7. The summed E-state index contributed by atoms with van der Waals surface area (Å²) in [5, 5.41) is 9.09. The molecule has 4 N–H and O–H groups in total. The second-order valence-corrected chi connectivity index (χ2v) is 8.37. The predicted octanol–water partition coefficient (Wildman–Crippen LogP) is 2.27. The van der Waals surface area contributed by atoms with Gasteiger partial charge in [0.1, 0.15) is 0 Å². The van der Waals surface area contributed by atoms with Gasteiger partial charge >= 0.3 is 5.97 Å². The van der Waals surface area contributed by atoms with Crippen molar-refractivity contribution in [1.29, 1.82) is 0 Å².